The summed E-state index contributed by atoms with van der Waals surface area (Å²) in [6.45, 7) is 6.17. The molecule has 0 radical (unpaired) electrons. The Kier molecular flexibility index (Phi) is 5.95. The van der Waals surface area contributed by atoms with E-state index in [9.17, 15) is 9.59 Å². The number of fused-ring (bicyclic) bond motifs is 1. The fourth-order valence-corrected chi connectivity index (χ4v) is 3.66. The van der Waals surface area contributed by atoms with Crippen LogP contribution in [0.1, 0.15) is 45.1 Å². The van der Waals surface area contributed by atoms with Gasteiger partial charge < -0.3 is 14.0 Å². The maximum Gasteiger partial charge on any atom is 0.338 e. The molecule has 0 unspecified atom stereocenters. The summed E-state index contributed by atoms with van der Waals surface area (Å²) < 4.78 is 12.6. The van der Waals surface area contributed by atoms with E-state index in [1.54, 1.807) is 19.2 Å². The molecule has 28 heavy (non-hydrogen) atoms. The summed E-state index contributed by atoms with van der Waals surface area (Å²) in [6.07, 6.45) is 0. The summed E-state index contributed by atoms with van der Waals surface area (Å²) in [4.78, 5) is 25.0. The van der Waals surface area contributed by atoms with Gasteiger partial charge in [0.2, 0.25) is 5.78 Å². The first-order valence-corrected chi connectivity index (χ1v) is 9.29. The van der Waals surface area contributed by atoms with E-state index >= 15 is 0 Å². The molecule has 0 saturated carbocycles. The largest absolute Gasteiger partial charge is 0.454 e. The smallest absolute Gasteiger partial charge is 0.338 e. The molecule has 146 valence electrons. The molecule has 1 heterocycles. The molecule has 0 aliphatic heterocycles. The maximum absolute atomic E-state index is 12.6. The quantitative estimate of drug-likeness (QED) is 0.448. The van der Waals surface area contributed by atoms with E-state index in [-0.39, 0.29) is 18.4 Å². The van der Waals surface area contributed by atoms with E-state index in [0.717, 1.165) is 22.2 Å². The molecule has 0 aliphatic carbocycles. The second kappa shape index (κ2) is 8.40. The van der Waals surface area contributed by atoms with Gasteiger partial charge in [0.05, 0.1) is 18.2 Å². The van der Waals surface area contributed by atoms with Crippen molar-refractivity contribution in [2.75, 3.05) is 20.3 Å². The minimum atomic E-state index is -0.499. The van der Waals surface area contributed by atoms with Crippen molar-refractivity contribution in [3.05, 3.63) is 71.0 Å². The number of hydrogen-bond acceptors (Lipinski definition) is 4. The van der Waals surface area contributed by atoms with Crippen molar-refractivity contribution in [1.82, 2.24) is 4.57 Å². The van der Waals surface area contributed by atoms with Crippen molar-refractivity contribution in [1.29, 1.82) is 0 Å². The van der Waals surface area contributed by atoms with Crippen LogP contribution >= 0.6 is 0 Å². The second-order valence-electron chi connectivity index (χ2n) is 7.02. The summed E-state index contributed by atoms with van der Waals surface area (Å²) in [7, 11) is 1.66. The summed E-state index contributed by atoms with van der Waals surface area (Å²) >= 11 is 0. The number of carbonyl (C=O) groups is 2. The van der Waals surface area contributed by atoms with Crippen molar-refractivity contribution in [2.24, 2.45) is 0 Å². The van der Waals surface area contributed by atoms with Crippen LogP contribution < -0.4 is 0 Å². The lowest BCUT2D eigenvalue weighted by atomic mass is 10.1. The fraction of sp³-hybridized carbons (Fsp3) is 0.304. The van der Waals surface area contributed by atoms with E-state index in [2.05, 4.69) is 4.57 Å². The van der Waals surface area contributed by atoms with Gasteiger partial charge in [0.1, 0.15) is 0 Å². The lowest BCUT2D eigenvalue weighted by Crippen LogP contribution is -2.17. The van der Waals surface area contributed by atoms with Crippen molar-refractivity contribution >= 4 is 22.5 Å². The summed E-state index contributed by atoms with van der Waals surface area (Å²) in [5.41, 5.74) is 2.84. The average Bonchev–Trinajstić information content (AvgIpc) is 2.99. The van der Waals surface area contributed by atoms with Crippen molar-refractivity contribution in [2.45, 2.75) is 26.8 Å². The van der Waals surface area contributed by atoms with Crippen molar-refractivity contribution < 1.29 is 19.1 Å². The average molecular weight is 379 g/mol. The highest BCUT2D eigenvalue weighted by Crippen LogP contribution is 2.22. The van der Waals surface area contributed by atoms with Gasteiger partial charge in [0.15, 0.2) is 6.61 Å². The Bertz CT molecular complexity index is 1020. The van der Waals surface area contributed by atoms with Crippen LogP contribution in [0.2, 0.25) is 0 Å². The molecule has 2 aromatic carbocycles. The zero-order valence-electron chi connectivity index (χ0n) is 16.7. The van der Waals surface area contributed by atoms with E-state index in [4.69, 9.17) is 9.47 Å². The molecule has 0 amide bonds. The monoisotopic (exact) mass is 379 g/mol. The Balaban J connectivity index is 1.71. The Labute approximate surface area is 164 Å². The first-order valence-electron chi connectivity index (χ1n) is 9.29. The van der Waals surface area contributed by atoms with Gasteiger partial charge in [-0.1, -0.05) is 30.3 Å². The molecular weight excluding hydrogens is 354 g/mol. The third kappa shape index (κ3) is 3.99. The molecule has 5 heteroatoms. The Morgan fingerprint density at radius 2 is 1.75 bits per heavy atom. The topological polar surface area (TPSA) is 57.5 Å². The minimum Gasteiger partial charge on any atom is -0.454 e. The fourth-order valence-electron chi connectivity index (χ4n) is 3.66. The summed E-state index contributed by atoms with van der Waals surface area (Å²) in [6, 6.07) is 15.1. The van der Waals surface area contributed by atoms with Gasteiger partial charge in [-0.25, -0.2) is 4.79 Å². The van der Waals surface area contributed by atoms with E-state index in [1.165, 1.54) is 0 Å². The molecule has 0 N–H and O–H groups in total. The Morgan fingerprint density at radius 1 is 1.04 bits per heavy atom. The van der Waals surface area contributed by atoms with Crippen LogP contribution in [0.5, 0.6) is 0 Å². The third-order valence-electron chi connectivity index (χ3n) is 4.95. The number of methoxy groups -OCH3 is 1. The van der Waals surface area contributed by atoms with Gasteiger partial charge in [-0.05, 0) is 49.7 Å². The second-order valence-corrected chi connectivity index (χ2v) is 7.02. The van der Waals surface area contributed by atoms with Crippen molar-refractivity contribution in [3.63, 3.8) is 0 Å². The number of hydrogen-bond donors (Lipinski definition) is 0. The Morgan fingerprint density at radius 3 is 2.46 bits per heavy atom. The van der Waals surface area contributed by atoms with Crippen LogP contribution in [0.4, 0.5) is 0 Å². The van der Waals surface area contributed by atoms with Crippen LogP contribution in [0, 0.1) is 13.8 Å². The highest BCUT2D eigenvalue weighted by molar-refractivity contribution is 6.01. The summed E-state index contributed by atoms with van der Waals surface area (Å²) in [5.74, 6) is -0.709. The van der Waals surface area contributed by atoms with Gasteiger partial charge >= 0.3 is 5.97 Å². The van der Waals surface area contributed by atoms with Gasteiger partial charge in [0.25, 0.3) is 0 Å². The Hall–Kier alpha value is -2.92. The summed E-state index contributed by atoms with van der Waals surface area (Å²) in [5, 5.41) is 2.01. The molecule has 1 aromatic heterocycles. The first-order chi connectivity index (χ1) is 13.4. The van der Waals surface area contributed by atoms with Crippen LogP contribution in [0.15, 0.2) is 48.5 Å². The van der Waals surface area contributed by atoms with Crippen molar-refractivity contribution in [3.8, 4) is 0 Å². The highest BCUT2D eigenvalue weighted by Gasteiger charge is 2.20. The first kappa shape index (κ1) is 19.8. The van der Waals surface area contributed by atoms with Crippen LogP contribution in [0.3, 0.4) is 0 Å². The molecule has 0 bridgehead atoms. The van der Waals surface area contributed by atoms with E-state index in [0.29, 0.717) is 17.7 Å². The molecule has 3 aromatic rings. The molecular formula is C23H25NO4. The third-order valence-corrected chi connectivity index (χ3v) is 4.95. The lowest BCUT2D eigenvalue weighted by molar-refractivity contribution is 0.0474. The highest BCUT2D eigenvalue weighted by atomic mass is 16.5. The van der Waals surface area contributed by atoms with Crippen LogP contribution in [-0.4, -0.2) is 36.6 Å². The van der Waals surface area contributed by atoms with Gasteiger partial charge in [-0.3, -0.25) is 4.79 Å². The van der Waals surface area contributed by atoms with Gasteiger partial charge in [-0.2, -0.15) is 0 Å². The number of ketones is 1. The molecule has 1 atom stereocenters. The minimum absolute atomic E-state index is 0.117. The molecule has 5 nitrogen and oxygen atoms in total. The molecule has 3 rings (SSSR count). The molecule has 0 fully saturated rings. The number of aromatic nitrogens is 1. The number of ether oxygens (including phenoxy) is 2. The zero-order chi connectivity index (χ0) is 20.3. The number of rotatable bonds is 7. The van der Waals surface area contributed by atoms with E-state index in [1.807, 2.05) is 57.2 Å². The number of nitrogens with zero attached hydrogens (tertiary/aromatic N) is 1. The maximum atomic E-state index is 12.6. The lowest BCUT2D eigenvalue weighted by Gasteiger charge is -2.17. The predicted octanol–water partition coefficient (Wildman–Crippen LogP) is 4.51. The number of esters is 1. The predicted molar refractivity (Wildman–Crippen MR) is 109 cm³/mol. The number of aryl methyl sites for hydroxylation is 1. The standard InChI is InChI=1S/C23H25NO4/c1-15-11-21(17(3)24(15)16(2)13-27-4)22(25)14-28-23(26)20-10-9-18-7-5-6-8-19(18)12-20/h5-12,16H,13-14H2,1-4H3/t16-/m1/s1. The SMILES string of the molecule is COC[C@@H](C)n1c(C)cc(C(=O)COC(=O)c2ccc3ccccc3c2)c1C. The van der Waals surface area contributed by atoms with Gasteiger partial charge in [0, 0.05) is 24.1 Å². The normalized spacial score (nSPS) is 12.1. The van der Waals surface area contributed by atoms with Crippen LogP contribution in [-0.2, 0) is 9.47 Å². The number of Topliss-reactive ketones (excluding diaryl/α,β-unsaturated/α-hetero) is 1. The van der Waals surface area contributed by atoms with Gasteiger partial charge in [-0.15, -0.1) is 0 Å². The molecule has 0 aliphatic rings. The zero-order valence-corrected chi connectivity index (χ0v) is 16.7. The number of benzene rings is 2. The molecule has 0 spiro atoms. The van der Waals surface area contributed by atoms with Crippen LogP contribution in [0.25, 0.3) is 10.8 Å². The van der Waals surface area contributed by atoms with E-state index < -0.39 is 5.97 Å². The molecule has 0 saturated heterocycles. The number of carbonyl (C=O) groups excluding carboxylic acids is 2.